The Kier molecular flexibility index (Phi) is 4.79. The summed E-state index contributed by atoms with van der Waals surface area (Å²) in [5.41, 5.74) is 4.10. The Hall–Kier alpha value is -3.15. The lowest BCUT2D eigenvalue weighted by atomic mass is 10.0. The number of carbonyl (C=O) groups is 3. The zero-order chi connectivity index (χ0) is 17.8. The molecule has 1 aliphatic heterocycles. The van der Waals surface area contributed by atoms with E-state index in [-0.39, 0.29) is 17.7 Å². The number of hydrogen-bond acceptors (Lipinski definition) is 3. The van der Waals surface area contributed by atoms with Gasteiger partial charge in [0.05, 0.1) is 0 Å². The van der Waals surface area contributed by atoms with Crippen LogP contribution in [0.25, 0.3) is 0 Å². The summed E-state index contributed by atoms with van der Waals surface area (Å²) in [6.45, 7) is 1.85. The molecular formula is C19H19N3O3. The van der Waals surface area contributed by atoms with E-state index in [2.05, 4.69) is 16.0 Å². The van der Waals surface area contributed by atoms with Gasteiger partial charge in [-0.25, -0.2) is 0 Å². The SMILES string of the molecule is CC(=O)Nc1ccc(C(=O)NCc2ccc3c(c2)CCC(=O)N3)cc1. The minimum absolute atomic E-state index is 0.0382. The van der Waals surface area contributed by atoms with E-state index in [1.807, 2.05) is 18.2 Å². The number of nitrogens with one attached hydrogen (secondary N) is 3. The number of hydrogen-bond donors (Lipinski definition) is 3. The molecular weight excluding hydrogens is 318 g/mol. The third-order valence-electron chi connectivity index (χ3n) is 3.99. The van der Waals surface area contributed by atoms with E-state index in [4.69, 9.17) is 0 Å². The molecule has 6 heteroatoms. The molecule has 0 saturated carbocycles. The van der Waals surface area contributed by atoms with Crippen LogP contribution in [-0.2, 0) is 22.6 Å². The zero-order valence-corrected chi connectivity index (χ0v) is 13.9. The van der Waals surface area contributed by atoms with Gasteiger partial charge in [-0.1, -0.05) is 12.1 Å². The maximum Gasteiger partial charge on any atom is 0.251 e. The van der Waals surface area contributed by atoms with Crippen molar-refractivity contribution in [2.24, 2.45) is 0 Å². The lowest BCUT2D eigenvalue weighted by Crippen LogP contribution is -2.23. The number of benzene rings is 2. The molecule has 1 heterocycles. The van der Waals surface area contributed by atoms with Crippen LogP contribution in [0.5, 0.6) is 0 Å². The highest BCUT2D eigenvalue weighted by atomic mass is 16.2. The molecule has 0 radical (unpaired) electrons. The number of fused-ring (bicyclic) bond motifs is 1. The van der Waals surface area contributed by atoms with Gasteiger partial charge in [0, 0.05) is 36.8 Å². The lowest BCUT2D eigenvalue weighted by molar-refractivity contribution is -0.116. The van der Waals surface area contributed by atoms with Gasteiger partial charge in [-0.3, -0.25) is 14.4 Å². The first-order valence-corrected chi connectivity index (χ1v) is 8.09. The first kappa shape index (κ1) is 16.7. The van der Waals surface area contributed by atoms with Gasteiger partial charge in [0.25, 0.3) is 5.91 Å². The quantitative estimate of drug-likeness (QED) is 0.801. The van der Waals surface area contributed by atoms with Crippen molar-refractivity contribution in [3.05, 3.63) is 59.2 Å². The standard InChI is InChI=1S/C19H19N3O3/c1-12(23)21-16-6-3-14(4-7-16)19(25)20-11-13-2-8-17-15(10-13)5-9-18(24)22-17/h2-4,6-8,10H,5,9,11H2,1H3,(H,20,25)(H,21,23)(H,22,24). The maximum atomic E-state index is 12.2. The smallest absolute Gasteiger partial charge is 0.251 e. The summed E-state index contributed by atoms with van der Waals surface area (Å²) in [5.74, 6) is -0.294. The van der Waals surface area contributed by atoms with Crippen LogP contribution in [0.2, 0.25) is 0 Å². The second-order valence-corrected chi connectivity index (χ2v) is 5.98. The molecule has 2 aromatic carbocycles. The molecule has 0 spiro atoms. The average Bonchev–Trinajstić information content (AvgIpc) is 2.59. The second-order valence-electron chi connectivity index (χ2n) is 5.98. The van der Waals surface area contributed by atoms with Crippen LogP contribution in [0.3, 0.4) is 0 Å². The van der Waals surface area contributed by atoms with Gasteiger partial charge in [-0.2, -0.15) is 0 Å². The first-order valence-electron chi connectivity index (χ1n) is 8.09. The van der Waals surface area contributed by atoms with Gasteiger partial charge in [0.15, 0.2) is 0 Å². The summed E-state index contributed by atoms with van der Waals surface area (Å²) in [6, 6.07) is 12.5. The summed E-state index contributed by atoms with van der Waals surface area (Å²) in [4.78, 5) is 34.6. The van der Waals surface area contributed by atoms with Crippen molar-refractivity contribution in [3.8, 4) is 0 Å². The van der Waals surface area contributed by atoms with Gasteiger partial charge >= 0.3 is 0 Å². The van der Waals surface area contributed by atoms with Crippen LogP contribution in [0.15, 0.2) is 42.5 Å². The summed E-state index contributed by atoms with van der Waals surface area (Å²) in [6.07, 6.45) is 1.21. The maximum absolute atomic E-state index is 12.2. The van der Waals surface area contributed by atoms with E-state index in [1.165, 1.54) is 6.92 Å². The van der Waals surface area contributed by atoms with Crippen LogP contribution < -0.4 is 16.0 Å². The Labute approximate surface area is 145 Å². The summed E-state index contributed by atoms with van der Waals surface area (Å²) in [5, 5.41) is 8.38. The van der Waals surface area contributed by atoms with Crippen molar-refractivity contribution in [1.82, 2.24) is 5.32 Å². The van der Waals surface area contributed by atoms with E-state index in [1.54, 1.807) is 24.3 Å². The highest BCUT2D eigenvalue weighted by molar-refractivity contribution is 5.95. The molecule has 2 aromatic rings. The Morgan fingerprint density at radius 1 is 1.08 bits per heavy atom. The highest BCUT2D eigenvalue weighted by Crippen LogP contribution is 2.23. The number of carbonyl (C=O) groups excluding carboxylic acids is 3. The van der Waals surface area contributed by atoms with Gasteiger partial charge in [0.1, 0.15) is 0 Å². The molecule has 3 N–H and O–H groups in total. The minimum Gasteiger partial charge on any atom is -0.348 e. The van der Waals surface area contributed by atoms with Crippen LogP contribution in [0.4, 0.5) is 11.4 Å². The van der Waals surface area contributed by atoms with E-state index in [0.717, 1.165) is 16.8 Å². The second kappa shape index (κ2) is 7.17. The van der Waals surface area contributed by atoms with E-state index in [9.17, 15) is 14.4 Å². The summed E-state index contributed by atoms with van der Waals surface area (Å²) < 4.78 is 0. The molecule has 0 saturated heterocycles. The number of aryl methyl sites for hydroxylation is 1. The molecule has 6 nitrogen and oxygen atoms in total. The van der Waals surface area contributed by atoms with Gasteiger partial charge in [-0.05, 0) is 47.9 Å². The summed E-state index contributed by atoms with van der Waals surface area (Å²) in [7, 11) is 0. The first-order chi connectivity index (χ1) is 12.0. The van der Waals surface area contributed by atoms with Crippen molar-refractivity contribution in [1.29, 1.82) is 0 Å². The van der Waals surface area contributed by atoms with Crippen molar-refractivity contribution in [3.63, 3.8) is 0 Å². The lowest BCUT2D eigenvalue weighted by Gasteiger charge is -2.17. The predicted octanol–water partition coefficient (Wildman–Crippen LogP) is 2.46. The van der Waals surface area contributed by atoms with E-state index < -0.39 is 0 Å². The molecule has 0 unspecified atom stereocenters. The zero-order valence-electron chi connectivity index (χ0n) is 13.9. The van der Waals surface area contributed by atoms with Crippen molar-refractivity contribution >= 4 is 29.1 Å². The Balaban J connectivity index is 1.60. The van der Waals surface area contributed by atoms with E-state index in [0.29, 0.717) is 30.6 Å². The van der Waals surface area contributed by atoms with Crippen molar-refractivity contribution in [2.75, 3.05) is 10.6 Å². The Morgan fingerprint density at radius 3 is 2.56 bits per heavy atom. The Bertz CT molecular complexity index is 828. The molecule has 0 atom stereocenters. The van der Waals surface area contributed by atoms with Crippen LogP contribution in [0, 0.1) is 0 Å². The third-order valence-corrected chi connectivity index (χ3v) is 3.99. The topological polar surface area (TPSA) is 87.3 Å². The van der Waals surface area contributed by atoms with Gasteiger partial charge in [0.2, 0.25) is 11.8 Å². The average molecular weight is 337 g/mol. The minimum atomic E-state index is -0.180. The van der Waals surface area contributed by atoms with Crippen LogP contribution in [-0.4, -0.2) is 17.7 Å². The van der Waals surface area contributed by atoms with Crippen molar-refractivity contribution < 1.29 is 14.4 Å². The van der Waals surface area contributed by atoms with Crippen molar-refractivity contribution in [2.45, 2.75) is 26.3 Å². The molecule has 25 heavy (non-hydrogen) atoms. The van der Waals surface area contributed by atoms with Crippen LogP contribution >= 0.6 is 0 Å². The molecule has 1 aliphatic rings. The highest BCUT2D eigenvalue weighted by Gasteiger charge is 2.15. The molecule has 3 amide bonds. The largest absolute Gasteiger partial charge is 0.348 e. The number of anilines is 2. The van der Waals surface area contributed by atoms with E-state index >= 15 is 0 Å². The number of amides is 3. The van der Waals surface area contributed by atoms with Gasteiger partial charge in [-0.15, -0.1) is 0 Å². The predicted molar refractivity (Wildman–Crippen MR) is 95.3 cm³/mol. The normalized spacial score (nSPS) is 12.8. The monoisotopic (exact) mass is 337 g/mol. The molecule has 0 fully saturated rings. The molecule has 0 aliphatic carbocycles. The molecule has 128 valence electrons. The Morgan fingerprint density at radius 2 is 1.84 bits per heavy atom. The molecule has 0 bridgehead atoms. The fourth-order valence-corrected chi connectivity index (χ4v) is 2.74. The number of rotatable bonds is 4. The fraction of sp³-hybridized carbons (Fsp3) is 0.211. The molecule has 3 rings (SSSR count). The fourth-order valence-electron chi connectivity index (χ4n) is 2.74. The molecule has 0 aromatic heterocycles. The summed E-state index contributed by atoms with van der Waals surface area (Å²) >= 11 is 0. The van der Waals surface area contributed by atoms with Gasteiger partial charge < -0.3 is 16.0 Å². The third kappa shape index (κ3) is 4.23. The van der Waals surface area contributed by atoms with Crippen LogP contribution in [0.1, 0.15) is 34.8 Å².